The number of aromatic nitrogens is 1. The van der Waals surface area contributed by atoms with Gasteiger partial charge in [0.2, 0.25) is 0 Å². The molecule has 2 aromatic rings. The number of pyridine rings is 1. The minimum absolute atomic E-state index is 0.520. The summed E-state index contributed by atoms with van der Waals surface area (Å²) >= 11 is 1.64. The van der Waals surface area contributed by atoms with E-state index in [4.69, 9.17) is 11.0 Å². The van der Waals surface area contributed by atoms with Gasteiger partial charge in [0, 0.05) is 16.8 Å². The van der Waals surface area contributed by atoms with E-state index in [0.717, 1.165) is 21.8 Å². The van der Waals surface area contributed by atoms with Crippen molar-refractivity contribution in [2.45, 2.75) is 10.6 Å². The van der Waals surface area contributed by atoms with Crippen LogP contribution >= 0.6 is 11.8 Å². The van der Waals surface area contributed by atoms with Crippen molar-refractivity contribution in [2.24, 2.45) is 0 Å². The van der Waals surface area contributed by atoms with Crippen LogP contribution in [0.1, 0.15) is 11.1 Å². The molecule has 0 saturated heterocycles. The smallest absolute Gasteiger partial charge is 0.123 e. The van der Waals surface area contributed by atoms with Crippen molar-refractivity contribution in [1.29, 1.82) is 5.26 Å². The lowest BCUT2D eigenvalue weighted by Crippen LogP contribution is -1.89. The molecule has 0 unspecified atom stereocenters. The molecule has 1 heterocycles. The molecule has 4 heteroatoms. The van der Waals surface area contributed by atoms with E-state index >= 15 is 0 Å². The van der Waals surface area contributed by atoms with E-state index in [1.807, 2.05) is 30.3 Å². The quantitative estimate of drug-likeness (QED) is 0.839. The van der Waals surface area contributed by atoms with Gasteiger partial charge in [-0.2, -0.15) is 5.26 Å². The zero-order chi connectivity index (χ0) is 12.1. The topological polar surface area (TPSA) is 62.7 Å². The van der Waals surface area contributed by atoms with Crippen molar-refractivity contribution < 1.29 is 0 Å². The number of benzene rings is 1. The maximum Gasteiger partial charge on any atom is 0.123 e. The van der Waals surface area contributed by atoms with E-state index < -0.39 is 0 Å². The van der Waals surface area contributed by atoms with Crippen LogP contribution in [0.3, 0.4) is 0 Å². The molecule has 1 aromatic carbocycles. The lowest BCUT2D eigenvalue weighted by molar-refractivity contribution is 1.24. The van der Waals surface area contributed by atoms with Gasteiger partial charge < -0.3 is 5.73 Å². The number of nitrogens with two attached hydrogens (primary N) is 1. The van der Waals surface area contributed by atoms with Gasteiger partial charge in [-0.1, -0.05) is 18.2 Å². The van der Waals surface area contributed by atoms with Crippen molar-refractivity contribution in [3.8, 4) is 6.07 Å². The number of rotatable bonds is 3. The molecule has 17 heavy (non-hydrogen) atoms. The largest absolute Gasteiger partial charge is 0.384 e. The number of anilines is 1. The fourth-order valence-corrected chi connectivity index (χ4v) is 2.26. The molecule has 0 radical (unpaired) electrons. The molecular formula is C13H11N3S. The summed E-state index contributed by atoms with van der Waals surface area (Å²) in [5, 5.41) is 8.96. The highest BCUT2D eigenvalue weighted by Gasteiger charge is 2.02. The van der Waals surface area contributed by atoms with Gasteiger partial charge in [0.1, 0.15) is 5.82 Å². The molecule has 0 aliphatic heterocycles. The molecule has 84 valence electrons. The van der Waals surface area contributed by atoms with Gasteiger partial charge in [-0.25, -0.2) is 4.98 Å². The van der Waals surface area contributed by atoms with Crippen molar-refractivity contribution in [3.63, 3.8) is 0 Å². The highest BCUT2D eigenvalue weighted by atomic mass is 32.2. The predicted octanol–water partition coefficient (Wildman–Crippen LogP) is 2.83. The zero-order valence-electron chi connectivity index (χ0n) is 9.13. The Morgan fingerprint density at radius 2 is 2.06 bits per heavy atom. The summed E-state index contributed by atoms with van der Waals surface area (Å²) in [6, 6.07) is 13.5. The summed E-state index contributed by atoms with van der Waals surface area (Å²) in [6.45, 7) is 0. The summed E-state index contributed by atoms with van der Waals surface area (Å²) in [6.07, 6.45) is 1.75. The molecule has 3 nitrogen and oxygen atoms in total. The highest BCUT2D eigenvalue weighted by Crippen LogP contribution is 2.23. The van der Waals surface area contributed by atoms with E-state index in [2.05, 4.69) is 11.1 Å². The van der Waals surface area contributed by atoms with E-state index in [0.29, 0.717) is 5.82 Å². The van der Waals surface area contributed by atoms with E-state index in [1.54, 1.807) is 24.0 Å². The van der Waals surface area contributed by atoms with Crippen LogP contribution in [-0.2, 0) is 5.75 Å². The Hall–Kier alpha value is -1.99. The molecule has 0 amide bonds. The van der Waals surface area contributed by atoms with Crippen LogP contribution in [0, 0.1) is 11.3 Å². The fourth-order valence-electron chi connectivity index (χ4n) is 1.39. The van der Waals surface area contributed by atoms with Crippen molar-refractivity contribution in [2.75, 3.05) is 5.73 Å². The molecular weight excluding hydrogens is 230 g/mol. The van der Waals surface area contributed by atoms with Crippen LogP contribution in [0.2, 0.25) is 0 Å². The number of hydrogen-bond acceptors (Lipinski definition) is 4. The lowest BCUT2D eigenvalue weighted by Gasteiger charge is -2.03. The first-order valence-corrected chi connectivity index (χ1v) is 6.10. The number of nitrogens with zero attached hydrogens (tertiary/aromatic N) is 2. The fraction of sp³-hybridized carbons (Fsp3) is 0.0769. The van der Waals surface area contributed by atoms with Gasteiger partial charge in [-0.3, -0.25) is 0 Å². The van der Waals surface area contributed by atoms with E-state index in [-0.39, 0.29) is 0 Å². The monoisotopic (exact) mass is 241 g/mol. The molecule has 2 rings (SSSR count). The van der Waals surface area contributed by atoms with Gasteiger partial charge in [-0.15, -0.1) is 11.8 Å². The average molecular weight is 241 g/mol. The Balaban J connectivity index is 2.08. The van der Waals surface area contributed by atoms with Gasteiger partial charge in [0.05, 0.1) is 11.6 Å². The Morgan fingerprint density at radius 3 is 2.76 bits per heavy atom. The average Bonchev–Trinajstić information content (AvgIpc) is 2.38. The van der Waals surface area contributed by atoms with E-state index in [1.165, 1.54) is 0 Å². The Bertz CT molecular complexity index is 543. The van der Waals surface area contributed by atoms with Crippen LogP contribution < -0.4 is 5.73 Å². The van der Waals surface area contributed by atoms with Crippen LogP contribution in [0.25, 0.3) is 0 Å². The summed E-state index contributed by atoms with van der Waals surface area (Å²) in [7, 11) is 0. The van der Waals surface area contributed by atoms with Crippen molar-refractivity contribution >= 4 is 17.6 Å². The molecule has 0 spiro atoms. The summed E-state index contributed by atoms with van der Waals surface area (Å²) in [5.74, 6) is 1.28. The summed E-state index contributed by atoms with van der Waals surface area (Å²) in [4.78, 5) is 5.07. The summed E-state index contributed by atoms with van der Waals surface area (Å²) < 4.78 is 0. The number of hydrogen-bond donors (Lipinski definition) is 1. The summed E-state index contributed by atoms with van der Waals surface area (Å²) in [5.41, 5.74) is 7.28. The van der Waals surface area contributed by atoms with Crippen LogP contribution in [0.15, 0.2) is 47.5 Å². The zero-order valence-corrected chi connectivity index (χ0v) is 9.95. The molecule has 1 aromatic heterocycles. The second-order valence-corrected chi connectivity index (χ2v) is 4.53. The van der Waals surface area contributed by atoms with Gasteiger partial charge in [-0.05, 0) is 23.8 Å². The first kappa shape index (κ1) is 11.5. The lowest BCUT2D eigenvalue weighted by atomic mass is 10.1. The van der Waals surface area contributed by atoms with Gasteiger partial charge in [0.15, 0.2) is 0 Å². The first-order chi connectivity index (χ1) is 8.29. The minimum atomic E-state index is 0.520. The first-order valence-electron chi connectivity index (χ1n) is 5.12. The minimum Gasteiger partial charge on any atom is -0.384 e. The van der Waals surface area contributed by atoms with Crippen molar-refractivity contribution in [1.82, 2.24) is 4.98 Å². The number of thioether (sulfide) groups is 1. The van der Waals surface area contributed by atoms with Gasteiger partial charge >= 0.3 is 0 Å². The number of nitrogen functional groups attached to an aromatic ring is 1. The van der Waals surface area contributed by atoms with Crippen LogP contribution in [0.4, 0.5) is 5.82 Å². The third kappa shape index (κ3) is 2.99. The third-order valence-electron chi connectivity index (χ3n) is 2.29. The maximum atomic E-state index is 8.96. The maximum absolute atomic E-state index is 8.96. The standard InChI is InChI=1S/C13H11N3S/c14-7-10-3-1-2-4-11(10)9-17-12-5-6-13(15)16-8-12/h1-6,8H,9H2,(H2,15,16). The Kier molecular flexibility index (Phi) is 3.63. The van der Waals surface area contributed by atoms with Crippen LogP contribution in [-0.4, -0.2) is 4.98 Å². The molecule has 0 atom stereocenters. The third-order valence-corrected chi connectivity index (χ3v) is 3.32. The predicted molar refractivity (Wildman–Crippen MR) is 69.4 cm³/mol. The molecule has 0 aliphatic rings. The number of nitriles is 1. The molecule has 0 fully saturated rings. The Labute approximate surface area is 104 Å². The molecule has 0 saturated carbocycles. The Morgan fingerprint density at radius 1 is 1.24 bits per heavy atom. The van der Waals surface area contributed by atoms with Crippen LogP contribution in [0.5, 0.6) is 0 Å². The second-order valence-electron chi connectivity index (χ2n) is 3.48. The molecule has 0 aliphatic carbocycles. The highest BCUT2D eigenvalue weighted by molar-refractivity contribution is 7.98. The normalized spacial score (nSPS) is 9.82. The second kappa shape index (κ2) is 5.37. The molecule has 2 N–H and O–H groups in total. The molecule has 0 bridgehead atoms. The SMILES string of the molecule is N#Cc1ccccc1CSc1ccc(N)nc1. The van der Waals surface area contributed by atoms with E-state index in [9.17, 15) is 0 Å². The van der Waals surface area contributed by atoms with Crippen molar-refractivity contribution in [3.05, 3.63) is 53.7 Å². The van der Waals surface area contributed by atoms with Gasteiger partial charge in [0.25, 0.3) is 0 Å².